The molecule has 1 heterocycles. The first-order valence-corrected chi connectivity index (χ1v) is 7.12. The van der Waals surface area contributed by atoms with Gasteiger partial charge in [-0.3, -0.25) is 9.59 Å². The van der Waals surface area contributed by atoms with Gasteiger partial charge in [0, 0.05) is 18.7 Å². The lowest BCUT2D eigenvalue weighted by atomic mass is 10.0. The molecule has 1 atom stereocenters. The van der Waals surface area contributed by atoms with Crippen molar-refractivity contribution in [3.05, 3.63) is 35.9 Å². The average molecular weight is 275 g/mol. The van der Waals surface area contributed by atoms with Crippen molar-refractivity contribution in [2.24, 2.45) is 0 Å². The Balaban J connectivity index is 1.64. The molecule has 1 aliphatic rings. The number of amides is 2. The van der Waals surface area contributed by atoms with Gasteiger partial charge in [-0.1, -0.05) is 24.6 Å². The van der Waals surface area contributed by atoms with Crippen LogP contribution in [0.4, 0.5) is 0 Å². The van der Waals surface area contributed by atoms with Crippen molar-refractivity contribution in [3.8, 4) is 0 Å². The van der Waals surface area contributed by atoms with Crippen molar-refractivity contribution >= 4 is 11.8 Å². The van der Waals surface area contributed by atoms with Gasteiger partial charge in [0.15, 0.2) is 0 Å². The van der Waals surface area contributed by atoms with Crippen LogP contribution in [0.1, 0.15) is 29.6 Å². The van der Waals surface area contributed by atoms with Crippen molar-refractivity contribution in [2.75, 3.05) is 19.6 Å². The van der Waals surface area contributed by atoms with E-state index in [0.29, 0.717) is 18.7 Å². The third-order valence-corrected chi connectivity index (χ3v) is 3.37. The Hall–Kier alpha value is -1.88. The second-order valence-corrected chi connectivity index (χ2v) is 4.92. The maximum absolute atomic E-state index is 11.8. The molecule has 0 spiro atoms. The average Bonchev–Trinajstić information content (AvgIpc) is 2.53. The van der Waals surface area contributed by atoms with E-state index < -0.39 is 0 Å². The van der Waals surface area contributed by atoms with Gasteiger partial charge in [-0.2, -0.15) is 0 Å². The summed E-state index contributed by atoms with van der Waals surface area (Å²) >= 11 is 0. The minimum Gasteiger partial charge on any atom is -0.353 e. The molecule has 2 amide bonds. The number of carbonyl (C=O) groups is 2. The molecular weight excluding hydrogens is 254 g/mol. The van der Waals surface area contributed by atoms with Gasteiger partial charge in [0.05, 0.1) is 6.04 Å². The van der Waals surface area contributed by atoms with Gasteiger partial charge in [0.25, 0.3) is 5.91 Å². The predicted octanol–water partition coefficient (Wildman–Crippen LogP) is 0.675. The van der Waals surface area contributed by atoms with E-state index in [1.807, 2.05) is 18.2 Å². The van der Waals surface area contributed by atoms with E-state index in [0.717, 1.165) is 25.8 Å². The standard InChI is InChI=1S/C15H21N3O2/c19-14(12-6-2-1-3-7-12)17-10-11-18-15(20)13-8-4-5-9-16-13/h1-3,6-7,13,16H,4-5,8-11H2,(H,17,19)(H,18,20). The van der Waals surface area contributed by atoms with Crippen molar-refractivity contribution in [1.29, 1.82) is 0 Å². The van der Waals surface area contributed by atoms with E-state index in [9.17, 15) is 9.59 Å². The lowest BCUT2D eigenvalue weighted by Crippen LogP contribution is -2.48. The summed E-state index contributed by atoms with van der Waals surface area (Å²) in [4.78, 5) is 23.6. The van der Waals surface area contributed by atoms with Crippen LogP contribution in [0.25, 0.3) is 0 Å². The van der Waals surface area contributed by atoms with Gasteiger partial charge in [-0.15, -0.1) is 0 Å². The van der Waals surface area contributed by atoms with Crippen LogP contribution >= 0.6 is 0 Å². The summed E-state index contributed by atoms with van der Waals surface area (Å²) in [5.41, 5.74) is 0.632. The zero-order chi connectivity index (χ0) is 14.2. The Morgan fingerprint density at radius 2 is 1.85 bits per heavy atom. The van der Waals surface area contributed by atoms with Gasteiger partial charge in [-0.25, -0.2) is 0 Å². The molecular formula is C15H21N3O2. The van der Waals surface area contributed by atoms with Crippen molar-refractivity contribution in [3.63, 3.8) is 0 Å². The maximum Gasteiger partial charge on any atom is 0.251 e. The molecule has 1 fully saturated rings. The number of piperidine rings is 1. The molecule has 1 aromatic rings. The smallest absolute Gasteiger partial charge is 0.251 e. The fraction of sp³-hybridized carbons (Fsp3) is 0.467. The number of hydrogen-bond donors (Lipinski definition) is 3. The molecule has 0 saturated carbocycles. The SMILES string of the molecule is O=C(NCCNC(=O)C1CCCCN1)c1ccccc1. The Kier molecular flexibility index (Phi) is 5.55. The van der Waals surface area contributed by atoms with Crippen LogP contribution in [0.15, 0.2) is 30.3 Å². The van der Waals surface area contributed by atoms with Crippen LogP contribution in [0, 0.1) is 0 Å². The second-order valence-electron chi connectivity index (χ2n) is 4.92. The van der Waals surface area contributed by atoms with E-state index in [1.165, 1.54) is 0 Å². The summed E-state index contributed by atoms with van der Waals surface area (Å²) in [5.74, 6) is -0.0886. The Labute approximate surface area is 119 Å². The van der Waals surface area contributed by atoms with Gasteiger partial charge >= 0.3 is 0 Å². The first-order chi connectivity index (χ1) is 9.77. The van der Waals surface area contributed by atoms with Gasteiger partial charge in [-0.05, 0) is 31.5 Å². The van der Waals surface area contributed by atoms with E-state index in [4.69, 9.17) is 0 Å². The highest BCUT2D eigenvalue weighted by molar-refractivity contribution is 5.94. The molecule has 0 aliphatic carbocycles. The minimum atomic E-state index is -0.115. The summed E-state index contributed by atoms with van der Waals surface area (Å²) < 4.78 is 0. The summed E-state index contributed by atoms with van der Waals surface area (Å²) in [7, 11) is 0. The summed E-state index contributed by atoms with van der Waals surface area (Å²) in [6.45, 7) is 1.80. The molecule has 1 unspecified atom stereocenters. The second kappa shape index (κ2) is 7.65. The summed E-state index contributed by atoms with van der Waals surface area (Å²) in [6.07, 6.45) is 3.12. The summed E-state index contributed by atoms with van der Waals surface area (Å²) in [6, 6.07) is 8.97. The van der Waals surface area contributed by atoms with Crippen LogP contribution < -0.4 is 16.0 Å². The van der Waals surface area contributed by atoms with Gasteiger partial charge in [0.2, 0.25) is 5.91 Å². The molecule has 5 heteroatoms. The van der Waals surface area contributed by atoms with Crippen LogP contribution in [0.3, 0.4) is 0 Å². The highest BCUT2D eigenvalue weighted by Crippen LogP contribution is 2.06. The first-order valence-electron chi connectivity index (χ1n) is 7.12. The van der Waals surface area contributed by atoms with Crippen LogP contribution in [-0.2, 0) is 4.79 Å². The van der Waals surface area contributed by atoms with E-state index in [1.54, 1.807) is 12.1 Å². The lowest BCUT2D eigenvalue weighted by Gasteiger charge is -2.22. The largest absolute Gasteiger partial charge is 0.353 e. The molecule has 20 heavy (non-hydrogen) atoms. The minimum absolute atomic E-state index is 0.0265. The molecule has 5 nitrogen and oxygen atoms in total. The monoisotopic (exact) mass is 275 g/mol. The predicted molar refractivity (Wildman–Crippen MR) is 77.4 cm³/mol. The fourth-order valence-electron chi connectivity index (χ4n) is 2.25. The highest BCUT2D eigenvalue weighted by Gasteiger charge is 2.19. The normalized spacial score (nSPS) is 18.3. The van der Waals surface area contributed by atoms with E-state index in [-0.39, 0.29) is 17.9 Å². The summed E-state index contributed by atoms with van der Waals surface area (Å²) in [5, 5.41) is 8.82. The fourth-order valence-corrected chi connectivity index (χ4v) is 2.25. The molecule has 2 rings (SSSR count). The first kappa shape index (κ1) is 14.5. The number of carbonyl (C=O) groups excluding carboxylic acids is 2. The molecule has 0 radical (unpaired) electrons. The molecule has 3 N–H and O–H groups in total. The van der Waals surface area contributed by atoms with Crippen LogP contribution in [0.5, 0.6) is 0 Å². The van der Waals surface area contributed by atoms with E-state index in [2.05, 4.69) is 16.0 Å². The quantitative estimate of drug-likeness (QED) is 0.692. The number of nitrogens with one attached hydrogen (secondary N) is 3. The van der Waals surface area contributed by atoms with Crippen molar-refractivity contribution < 1.29 is 9.59 Å². The Bertz CT molecular complexity index is 442. The molecule has 1 aromatic carbocycles. The van der Waals surface area contributed by atoms with Crippen molar-refractivity contribution in [2.45, 2.75) is 25.3 Å². The number of hydrogen-bond acceptors (Lipinski definition) is 3. The van der Waals surface area contributed by atoms with Crippen molar-refractivity contribution in [1.82, 2.24) is 16.0 Å². The highest BCUT2D eigenvalue weighted by atomic mass is 16.2. The zero-order valence-electron chi connectivity index (χ0n) is 11.5. The molecule has 1 saturated heterocycles. The Morgan fingerprint density at radius 1 is 1.10 bits per heavy atom. The van der Waals surface area contributed by atoms with Crippen LogP contribution in [-0.4, -0.2) is 37.5 Å². The lowest BCUT2D eigenvalue weighted by molar-refractivity contribution is -0.123. The maximum atomic E-state index is 11.8. The van der Waals surface area contributed by atoms with Crippen LogP contribution in [0.2, 0.25) is 0 Å². The topological polar surface area (TPSA) is 70.2 Å². The molecule has 1 aliphatic heterocycles. The number of rotatable bonds is 5. The zero-order valence-corrected chi connectivity index (χ0v) is 11.5. The Morgan fingerprint density at radius 3 is 2.55 bits per heavy atom. The third kappa shape index (κ3) is 4.35. The number of benzene rings is 1. The van der Waals surface area contributed by atoms with E-state index >= 15 is 0 Å². The van der Waals surface area contributed by atoms with Gasteiger partial charge < -0.3 is 16.0 Å². The molecule has 0 bridgehead atoms. The van der Waals surface area contributed by atoms with Gasteiger partial charge in [0.1, 0.15) is 0 Å². The molecule has 0 aromatic heterocycles. The third-order valence-electron chi connectivity index (χ3n) is 3.37. The molecule has 108 valence electrons.